The van der Waals surface area contributed by atoms with Crippen molar-refractivity contribution >= 4 is 50.6 Å². The zero-order chi connectivity index (χ0) is 29.3. The summed E-state index contributed by atoms with van der Waals surface area (Å²) < 4.78 is 6.51. The third-order valence-corrected chi connectivity index (χ3v) is 8.27. The average Bonchev–Trinajstić information content (AvgIpc) is 3.44. The Balaban J connectivity index is 0.00000108. The zero-order valence-electron chi connectivity index (χ0n) is 24.9. The van der Waals surface area contributed by atoms with Gasteiger partial charge in [0, 0.05) is 27.6 Å². The van der Waals surface area contributed by atoms with E-state index < -0.39 is 0 Å². The number of nitrogens with zero attached hydrogens (tertiary/aromatic N) is 1. The summed E-state index contributed by atoms with van der Waals surface area (Å²) in [6.07, 6.45) is 10.9. The fourth-order valence-corrected chi connectivity index (χ4v) is 5.87. The summed E-state index contributed by atoms with van der Waals surface area (Å²) in [5.74, 6) is 2.25. The van der Waals surface area contributed by atoms with Gasteiger partial charge in [-0.2, -0.15) is 0 Å². The van der Waals surface area contributed by atoms with Crippen molar-refractivity contribution < 1.29 is 4.42 Å². The second kappa shape index (κ2) is 11.0. The lowest BCUT2D eigenvalue weighted by molar-refractivity contribution is 0.639. The van der Waals surface area contributed by atoms with Gasteiger partial charge in [-0.3, -0.25) is 0 Å². The molecule has 0 saturated carbocycles. The SMILES string of the molecule is C#CC.C=Cc1cc(N(c2ccc3c(c2)C(C)(C)C(C)=C3/C=C\C)c2cccc3c2oc2ccccc23)ccc1C. The molecule has 0 unspecified atom stereocenters. The van der Waals surface area contributed by atoms with Crippen molar-refractivity contribution in [2.45, 2.75) is 47.0 Å². The molecule has 41 heavy (non-hydrogen) atoms. The Morgan fingerprint density at radius 1 is 0.902 bits per heavy atom. The first-order valence-electron chi connectivity index (χ1n) is 14.1. The number of rotatable bonds is 5. The molecule has 2 heteroatoms. The lowest BCUT2D eigenvalue weighted by Crippen LogP contribution is -2.17. The highest BCUT2D eigenvalue weighted by Gasteiger charge is 2.35. The number of fused-ring (bicyclic) bond motifs is 4. The molecule has 1 aliphatic rings. The summed E-state index contributed by atoms with van der Waals surface area (Å²) in [6.45, 7) is 16.8. The molecule has 2 nitrogen and oxygen atoms in total. The van der Waals surface area contributed by atoms with Crippen molar-refractivity contribution in [1.82, 2.24) is 0 Å². The van der Waals surface area contributed by atoms with E-state index in [1.54, 1.807) is 6.92 Å². The molecule has 0 bridgehead atoms. The number of hydrogen-bond donors (Lipinski definition) is 0. The predicted molar refractivity (Wildman–Crippen MR) is 178 cm³/mol. The summed E-state index contributed by atoms with van der Waals surface area (Å²) in [6, 6.07) is 28.2. The fraction of sp³-hybridized carbons (Fsp3) is 0.179. The molecule has 4 aromatic carbocycles. The number of furan rings is 1. The number of para-hydroxylation sites is 2. The molecular weight excluding hydrogens is 498 g/mol. The van der Waals surface area contributed by atoms with E-state index in [4.69, 9.17) is 4.42 Å². The van der Waals surface area contributed by atoms with E-state index in [0.29, 0.717) is 0 Å². The first kappa shape index (κ1) is 27.8. The fourth-order valence-electron chi connectivity index (χ4n) is 5.87. The number of hydrogen-bond acceptors (Lipinski definition) is 2. The van der Waals surface area contributed by atoms with Crippen molar-refractivity contribution in [3.05, 3.63) is 125 Å². The van der Waals surface area contributed by atoms with Crippen molar-refractivity contribution in [3.8, 4) is 12.3 Å². The van der Waals surface area contributed by atoms with Gasteiger partial charge >= 0.3 is 0 Å². The third-order valence-electron chi connectivity index (χ3n) is 8.27. The van der Waals surface area contributed by atoms with Crippen molar-refractivity contribution in [3.63, 3.8) is 0 Å². The van der Waals surface area contributed by atoms with Crippen LogP contribution >= 0.6 is 0 Å². The van der Waals surface area contributed by atoms with Crippen LogP contribution in [0.25, 0.3) is 33.6 Å². The van der Waals surface area contributed by atoms with Crippen LogP contribution in [0.4, 0.5) is 17.1 Å². The summed E-state index contributed by atoms with van der Waals surface area (Å²) in [5.41, 5.74) is 12.6. The van der Waals surface area contributed by atoms with E-state index in [9.17, 15) is 0 Å². The van der Waals surface area contributed by atoms with Crippen molar-refractivity contribution in [2.75, 3.05) is 4.90 Å². The minimum atomic E-state index is -0.0587. The molecule has 1 aliphatic carbocycles. The normalized spacial score (nSPS) is 13.7. The van der Waals surface area contributed by atoms with Crippen molar-refractivity contribution in [2.24, 2.45) is 0 Å². The Morgan fingerprint density at radius 3 is 2.32 bits per heavy atom. The molecule has 0 aliphatic heterocycles. The molecule has 5 aromatic rings. The largest absolute Gasteiger partial charge is 0.454 e. The Hall–Kier alpha value is -4.74. The maximum atomic E-state index is 6.51. The van der Waals surface area contributed by atoms with Crippen LogP contribution in [0.5, 0.6) is 0 Å². The van der Waals surface area contributed by atoms with Gasteiger partial charge in [0.1, 0.15) is 5.58 Å². The monoisotopic (exact) mass is 535 g/mol. The average molecular weight is 536 g/mol. The van der Waals surface area contributed by atoms with Gasteiger partial charge in [0.25, 0.3) is 0 Å². The molecule has 0 amide bonds. The van der Waals surface area contributed by atoms with Gasteiger partial charge in [0.05, 0.1) is 5.69 Å². The van der Waals surface area contributed by atoms with Gasteiger partial charge in [-0.15, -0.1) is 12.3 Å². The number of aryl methyl sites for hydroxylation is 1. The zero-order valence-corrected chi connectivity index (χ0v) is 24.9. The Bertz CT molecular complexity index is 1890. The van der Waals surface area contributed by atoms with E-state index in [2.05, 4.69) is 137 Å². The maximum Gasteiger partial charge on any atom is 0.159 e. The van der Waals surface area contributed by atoms with Gasteiger partial charge in [0.2, 0.25) is 0 Å². The Kier molecular flexibility index (Phi) is 7.48. The van der Waals surface area contributed by atoms with Crippen molar-refractivity contribution in [1.29, 1.82) is 0 Å². The van der Waals surface area contributed by atoms with Gasteiger partial charge in [-0.05, 0) is 91.9 Å². The summed E-state index contributed by atoms with van der Waals surface area (Å²) in [5, 5.41) is 2.25. The molecule has 0 spiro atoms. The molecule has 0 fully saturated rings. The molecule has 0 N–H and O–H groups in total. The predicted octanol–water partition coefficient (Wildman–Crippen LogP) is 11.3. The summed E-state index contributed by atoms with van der Waals surface area (Å²) in [4.78, 5) is 2.33. The minimum Gasteiger partial charge on any atom is -0.454 e. The van der Waals surface area contributed by atoms with Crippen LogP contribution < -0.4 is 4.90 Å². The summed E-state index contributed by atoms with van der Waals surface area (Å²) in [7, 11) is 0. The lowest BCUT2D eigenvalue weighted by Gasteiger charge is -2.29. The Morgan fingerprint density at radius 2 is 1.59 bits per heavy atom. The smallest absolute Gasteiger partial charge is 0.159 e. The van der Waals surface area contributed by atoms with Crippen LogP contribution in [-0.2, 0) is 5.41 Å². The third kappa shape index (κ3) is 4.68. The van der Waals surface area contributed by atoms with E-state index in [0.717, 1.165) is 44.6 Å². The van der Waals surface area contributed by atoms with E-state index in [1.165, 1.54) is 27.8 Å². The molecule has 1 heterocycles. The molecular formula is C39H37NO. The van der Waals surface area contributed by atoms with Crippen LogP contribution in [-0.4, -0.2) is 0 Å². The van der Waals surface area contributed by atoms with Gasteiger partial charge in [0.15, 0.2) is 5.58 Å². The highest BCUT2D eigenvalue weighted by Crippen LogP contribution is 2.49. The molecule has 0 saturated heterocycles. The summed E-state index contributed by atoms with van der Waals surface area (Å²) >= 11 is 0. The molecule has 0 atom stereocenters. The maximum absolute atomic E-state index is 6.51. The van der Waals surface area contributed by atoms with E-state index in [1.807, 2.05) is 18.2 Å². The van der Waals surface area contributed by atoms with Gasteiger partial charge in [-0.25, -0.2) is 0 Å². The highest BCUT2D eigenvalue weighted by atomic mass is 16.3. The van der Waals surface area contributed by atoms with Crippen LogP contribution in [0.3, 0.4) is 0 Å². The molecule has 6 rings (SSSR count). The van der Waals surface area contributed by atoms with Gasteiger partial charge in [-0.1, -0.05) is 86.7 Å². The number of anilines is 3. The molecule has 204 valence electrons. The van der Waals surface area contributed by atoms with E-state index >= 15 is 0 Å². The second-order valence-electron chi connectivity index (χ2n) is 11.0. The molecule has 1 aromatic heterocycles. The first-order valence-corrected chi connectivity index (χ1v) is 14.1. The quantitative estimate of drug-likeness (QED) is 0.208. The van der Waals surface area contributed by atoms with E-state index in [-0.39, 0.29) is 5.41 Å². The number of allylic oxidation sites excluding steroid dienone is 4. The standard InChI is InChI=1S/C36H33NO.C3H4/c1-7-12-28-24(4)36(5,6)32-22-27(19-20-29(28)32)37(26-18-17-23(3)25(8-2)21-26)33-15-11-14-31-30-13-9-10-16-34(30)38-35(31)33;1-3-2/h7-22H,2H2,1,3-6H3;1H,2H3/b12-7-;. The van der Waals surface area contributed by atoms with Crippen LogP contribution in [0.1, 0.15) is 56.9 Å². The lowest BCUT2D eigenvalue weighted by atomic mass is 9.82. The molecule has 0 radical (unpaired) electrons. The van der Waals surface area contributed by atoms with Crippen LogP contribution in [0.15, 0.2) is 108 Å². The van der Waals surface area contributed by atoms with Gasteiger partial charge < -0.3 is 9.32 Å². The second-order valence-corrected chi connectivity index (χ2v) is 11.0. The minimum absolute atomic E-state index is 0.0587. The first-order chi connectivity index (χ1) is 19.8. The topological polar surface area (TPSA) is 16.4 Å². The van der Waals surface area contributed by atoms with Crippen LogP contribution in [0, 0.1) is 19.3 Å². The highest BCUT2D eigenvalue weighted by molar-refractivity contribution is 6.10. The number of benzene rings is 4. The number of terminal acetylenes is 1. The Labute approximate surface area is 244 Å². The van der Waals surface area contributed by atoms with Crippen LogP contribution in [0.2, 0.25) is 0 Å².